The zero-order chi connectivity index (χ0) is 11.7. The molecule has 3 rings (SSSR count). The van der Waals surface area contributed by atoms with Crippen molar-refractivity contribution in [2.75, 3.05) is 6.54 Å². The molecule has 1 fully saturated rings. The standard InChI is InChI=1S/C15H20N2/c1-2-17-11-12(9-10-16-13-7-8-13)14-5-3-4-6-15(14)17/h3-6,11,13,16H,2,7-10H2,1H3. The first kappa shape index (κ1) is 10.8. The molecule has 1 aromatic carbocycles. The van der Waals surface area contributed by atoms with Crippen LogP contribution in [0.4, 0.5) is 0 Å². The quantitative estimate of drug-likeness (QED) is 0.832. The smallest absolute Gasteiger partial charge is 0.0483 e. The van der Waals surface area contributed by atoms with Crippen LogP contribution in [0.5, 0.6) is 0 Å². The average Bonchev–Trinajstić information content (AvgIpc) is 3.11. The van der Waals surface area contributed by atoms with Gasteiger partial charge in [-0.3, -0.25) is 0 Å². The number of rotatable bonds is 5. The fourth-order valence-electron chi connectivity index (χ4n) is 2.48. The van der Waals surface area contributed by atoms with E-state index in [1.54, 1.807) is 0 Å². The minimum atomic E-state index is 0.814. The Kier molecular flexibility index (Phi) is 2.89. The Morgan fingerprint density at radius 3 is 2.88 bits per heavy atom. The maximum Gasteiger partial charge on any atom is 0.0483 e. The molecule has 1 aliphatic carbocycles. The zero-order valence-corrected chi connectivity index (χ0v) is 10.4. The summed E-state index contributed by atoms with van der Waals surface area (Å²) in [5.41, 5.74) is 2.85. The predicted molar refractivity (Wildman–Crippen MR) is 72.3 cm³/mol. The Morgan fingerprint density at radius 1 is 1.29 bits per heavy atom. The Hall–Kier alpha value is -1.28. The lowest BCUT2D eigenvalue weighted by Gasteiger charge is -2.01. The molecule has 1 saturated carbocycles. The third-order valence-corrected chi connectivity index (χ3v) is 3.62. The summed E-state index contributed by atoms with van der Waals surface area (Å²) in [6.45, 7) is 4.37. The molecule has 0 radical (unpaired) electrons. The lowest BCUT2D eigenvalue weighted by molar-refractivity contribution is 0.681. The molecule has 17 heavy (non-hydrogen) atoms. The van der Waals surface area contributed by atoms with Gasteiger partial charge in [0, 0.05) is 29.7 Å². The predicted octanol–water partition coefficient (Wildman–Crippen LogP) is 2.96. The Balaban J connectivity index is 1.81. The van der Waals surface area contributed by atoms with Crippen LogP contribution in [0.3, 0.4) is 0 Å². The van der Waals surface area contributed by atoms with E-state index in [9.17, 15) is 0 Å². The Bertz CT molecular complexity index is 509. The molecule has 0 bridgehead atoms. The number of hydrogen-bond acceptors (Lipinski definition) is 1. The van der Waals surface area contributed by atoms with Crippen LogP contribution in [-0.4, -0.2) is 17.2 Å². The largest absolute Gasteiger partial charge is 0.347 e. The van der Waals surface area contributed by atoms with Crippen molar-refractivity contribution < 1.29 is 0 Å². The SMILES string of the molecule is CCn1cc(CCNC2CC2)c2ccccc21. The topological polar surface area (TPSA) is 17.0 Å². The number of hydrogen-bond donors (Lipinski definition) is 1. The summed E-state index contributed by atoms with van der Waals surface area (Å²) in [7, 11) is 0. The molecule has 0 saturated heterocycles. The van der Waals surface area contributed by atoms with Gasteiger partial charge < -0.3 is 9.88 Å². The lowest BCUT2D eigenvalue weighted by atomic mass is 10.1. The molecule has 1 aromatic heterocycles. The van der Waals surface area contributed by atoms with Gasteiger partial charge in [0.15, 0.2) is 0 Å². The van der Waals surface area contributed by atoms with E-state index in [2.05, 4.69) is 47.3 Å². The fraction of sp³-hybridized carbons (Fsp3) is 0.467. The van der Waals surface area contributed by atoms with Gasteiger partial charge in [-0.2, -0.15) is 0 Å². The minimum Gasteiger partial charge on any atom is -0.347 e. The van der Waals surface area contributed by atoms with E-state index in [-0.39, 0.29) is 0 Å². The van der Waals surface area contributed by atoms with E-state index >= 15 is 0 Å². The van der Waals surface area contributed by atoms with E-state index < -0.39 is 0 Å². The van der Waals surface area contributed by atoms with Gasteiger partial charge in [-0.05, 0) is 44.4 Å². The molecule has 0 unspecified atom stereocenters. The third-order valence-electron chi connectivity index (χ3n) is 3.62. The zero-order valence-electron chi connectivity index (χ0n) is 10.4. The molecule has 2 aromatic rings. The van der Waals surface area contributed by atoms with Crippen molar-refractivity contribution in [2.45, 2.75) is 38.8 Å². The van der Waals surface area contributed by atoms with Gasteiger partial charge in [0.05, 0.1) is 0 Å². The van der Waals surface area contributed by atoms with Gasteiger partial charge in [-0.15, -0.1) is 0 Å². The van der Waals surface area contributed by atoms with Crippen LogP contribution in [0.25, 0.3) is 10.9 Å². The molecule has 0 amide bonds. The van der Waals surface area contributed by atoms with Crippen LogP contribution < -0.4 is 5.32 Å². The maximum absolute atomic E-state index is 3.59. The summed E-state index contributed by atoms with van der Waals surface area (Å²) < 4.78 is 2.35. The number of fused-ring (bicyclic) bond motifs is 1. The van der Waals surface area contributed by atoms with Crippen LogP contribution in [0.1, 0.15) is 25.3 Å². The first-order valence-corrected chi connectivity index (χ1v) is 6.68. The van der Waals surface area contributed by atoms with Crippen molar-refractivity contribution in [1.82, 2.24) is 9.88 Å². The van der Waals surface area contributed by atoms with Crippen LogP contribution in [0.15, 0.2) is 30.5 Å². The molecule has 2 nitrogen and oxygen atoms in total. The summed E-state index contributed by atoms with van der Waals surface area (Å²) in [5.74, 6) is 0. The van der Waals surface area contributed by atoms with E-state index in [1.165, 1.54) is 29.3 Å². The van der Waals surface area contributed by atoms with Gasteiger partial charge in [0.2, 0.25) is 0 Å². The van der Waals surface area contributed by atoms with Crippen LogP contribution in [0.2, 0.25) is 0 Å². The molecular weight excluding hydrogens is 208 g/mol. The molecule has 0 aliphatic heterocycles. The molecule has 0 atom stereocenters. The summed E-state index contributed by atoms with van der Waals surface area (Å²) in [6, 6.07) is 9.54. The maximum atomic E-state index is 3.59. The summed E-state index contributed by atoms with van der Waals surface area (Å²) in [5, 5.41) is 5.01. The van der Waals surface area contributed by atoms with E-state index in [0.717, 1.165) is 25.6 Å². The van der Waals surface area contributed by atoms with E-state index in [1.807, 2.05) is 0 Å². The van der Waals surface area contributed by atoms with Gasteiger partial charge in [0.25, 0.3) is 0 Å². The highest BCUT2D eigenvalue weighted by molar-refractivity contribution is 5.83. The number of nitrogens with zero attached hydrogens (tertiary/aromatic N) is 1. The summed E-state index contributed by atoms with van der Waals surface area (Å²) >= 11 is 0. The average molecular weight is 228 g/mol. The monoisotopic (exact) mass is 228 g/mol. The van der Waals surface area contributed by atoms with Crippen molar-refractivity contribution in [3.05, 3.63) is 36.0 Å². The van der Waals surface area contributed by atoms with Gasteiger partial charge in [0.1, 0.15) is 0 Å². The van der Waals surface area contributed by atoms with Crippen LogP contribution in [-0.2, 0) is 13.0 Å². The molecule has 1 aliphatic rings. The van der Waals surface area contributed by atoms with Crippen molar-refractivity contribution in [3.8, 4) is 0 Å². The highest BCUT2D eigenvalue weighted by Crippen LogP contribution is 2.22. The molecule has 0 spiro atoms. The van der Waals surface area contributed by atoms with Crippen molar-refractivity contribution in [2.24, 2.45) is 0 Å². The molecule has 1 heterocycles. The van der Waals surface area contributed by atoms with Crippen molar-refractivity contribution in [3.63, 3.8) is 0 Å². The molecular formula is C15H20N2. The minimum absolute atomic E-state index is 0.814. The van der Waals surface area contributed by atoms with Gasteiger partial charge in [-0.25, -0.2) is 0 Å². The fourth-order valence-corrected chi connectivity index (χ4v) is 2.48. The van der Waals surface area contributed by atoms with Gasteiger partial charge >= 0.3 is 0 Å². The number of nitrogens with one attached hydrogen (secondary N) is 1. The van der Waals surface area contributed by atoms with E-state index in [4.69, 9.17) is 0 Å². The first-order valence-electron chi connectivity index (χ1n) is 6.68. The molecule has 1 N–H and O–H groups in total. The number of aryl methyl sites for hydroxylation is 1. The summed E-state index contributed by atoms with van der Waals surface area (Å²) in [6.07, 6.45) is 6.21. The van der Waals surface area contributed by atoms with Crippen LogP contribution in [0, 0.1) is 0 Å². The molecule has 90 valence electrons. The second-order valence-corrected chi connectivity index (χ2v) is 4.94. The molecule has 2 heteroatoms. The number of para-hydroxylation sites is 1. The van der Waals surface area contributed by atoms with E-state index in [0.29, 0.717) is 0 Å². The highest BCUT2D eigenvalue weighted by Gasteiger charge is 2.19. The summed E-state index contributed by atoms with van der Waals surface area (Å²) in [4.78, 5) is 0. The van der Waals surface area contributed by atoms with Crippen molar-refractivity contribution >= 4 is 10.9 Å². The normalized spacial score (nSPS) is 15.6. The van der Waals surface area contributed by atoms with Gasteiger partial charge in [-0.1, -0.05) is 18.2 Å². The van der Waals surface area contributed by atoms with Crippen molar-refractivity contribution in [1.29, 1.82) is 0 Å². The second kappa shape index (κ2) is 4.53. The Morgan fingerprint density at radius 2 is 2.12 bits per heavy atom. The second-order valence-electron chi connectivity index (χ2n) is 4.94. The first-order chi connectivity index (χ1) is 8.38. The van der Waals surface area contributed by atoms with Crippen LogP contribution >= 0.6 is 0 Å². The highest BCUT2D eigenvalue weighted by atomic mass is 15.0. The lowest BCUT2D eigenvalue weighted by Crippen LogP contribution is -2.19. The number of benzene rings is 1. The third kappa shape index (κ3) is 2.22. The number of aromatic nitrogens is 1. The Labute approximate surface area is 103 Å².